The number of unbranched alkanes of at least 4 members (excludes halogenated alkanes) is 5. The van der Waals surface area contributed by atoms with E-state index >= 15 is 0 Å². The van der Waals surface area contributed by atoms with Crippen molar-refractivity contribution in [3.8, 4) is 6.07 Å². The molecule has 0 amide bonds. The van der Waals surface area contributed by atoms with Crippen LogP contribution in [0.15, 0.2) is 29.2 Å². The SMILES string of the molecule is CCCCCCCCSc1cccc(C#N)c1. The van der Waals surface area contributed by atoms with E-state index in [0.29, 0.717) is 0 Å². The molecule has 0 radical (unpaired) electrons. The minimum atomic E-state index is 0.762. The Labute approximate surface area is 109 Å². The zero-order valence-electron chi connectivity index (χ0n) is 10.6. The highest BCUT2D eigenvalue weighted by Gasteiger charge is 1.96. The molecule has 0 aliphatic rings. The fourth-order valence-electron chi connectivity index (χ4n) is 1.73. The minimum absolute atomic E-state index is 0.762. The summed E-state index contributed by atoms with van der Waals surface area (Å²) in [5, 5.41) is 8.79. The van der Waals surface area contributed by atoms with E-state index in [1.165, 1.54) is 49.2 Å². The largest absolute Gasteiger partial charge is 0.192 e. The minimum Gasteiger partial charge on any atom is -0.192 e. The normalized spacial score (nSPS) is 10.1. The first-order valence-corrected chi connectivity index (χ1v) is 7.48. The van der Waals surface area contributed by atoms with E-state index in [1.54, 1.807) is 0 Å². The number of nitrogens with zero attached hydrogens (tertiary/aromatic N) is 1. The van der Waals surface area contributed by atoms with Gasteiger partial charge in [-0.15, -0.1) is 11.8 Å². The van der Waals surface area contributed by atoms with Crippen LogP contribution in [0.2, 0.25) is 0 Å². The molecule has 0 N–H and O–H groups in total. The molecule has 0 spiro atoms. The molecule has 0 saturated heterocycles. The highest BCUT2D eigenvalue weighted by atomic mass is 32.2. The first-order chi connectivity index (χ1) is 8.36. The Morgan fingerprint density at radius 2 is 1.88 bits per heavy atom. The van der Waals surface area contributed by atoms with Gasteiger partial charge in [0.15, 0.2) is 0 Å². The van der Waals surface area contributed by atoms with Gasteiger partial charge >= 0.3 is 0 Å². The number of thioether (sulfide) groups is 1. The van der Waals surface area contributed by atoms with Gasteiger partial charge in [0.1, 0.15) is 0 Å². The number of hydrogen-bond donors (Lipinski definition) is 0. The van der Waals surface area contributed by atoms with Crippen molar-refractivity contribution < 1.29 is 0 Å². The molecule has 1 rings (SSSR count). The maximum absolute atomic E-state index is 8.79. The van der Waals surface area contributed by atoms with Crippen molar-refractivity contribution in [1.82, 2.24) is 0 Å². The van der Waals surface area contributed by atoms with E-state index in [1.807, 2.05) is 30.0 Å². The molecular weight excluding hydrogens is 226 g/mol. The number of benzene rings is 1. The summed E-state index contributed by atoms with van der Waals surface area (Å²) in [7, 11) is 0. The Kier molecular flexibility index (Phi) is 7.58. The lowest BCUT2D eigenvalue weighted by Crippen LogP contribution is -1.83. The van der Waals surface area contributed by atoms with E-state index in [0.717, 1.165) is 5.56 Å². The predicted octanol–water partition coefficient (Wildman–Crippen LogP) is 5.01. The smallest absolute Gasteiger partial charge is 0.0992 e. The van der Waals surface area contributed by atoms with Gasteiger partial charge in [-0.2, -0.15) is 5.26 Å². The summed E-state index contributed by atoms with van der Waals surface area (Å²) in [6.07, 6.45) is 8.06. The average Bonchev–Trinajstić information content (AvgIpc) is 2.38. The summed E-state index contributed by atoms with van der Waals surface area (Å²) in [5.41, 5.74) is 0.762. The molecular formula is C15H21NS. The third-order valence-electron chi connectivity index (χ3n) is 2.73. The van der Waals surface area contributed by atoms with Crippen LogP contribution >= 0.6 is 11.8 Å². The van der Waals surface area contributed by atoms with Crippen LogP contribution < -0.4 is 0 Å². The van der Waals surface area contributed by atoms with Gasteiger partial charge in [-0.25, -0.2) is 0 Å². The van der Waals surface area contributed by atoms with Crippen LogP contribution in [-0.2, 0) is 0 Å². The van der Waals surface area contributed by atoms with Crippen LogP contribution in [-0.4, -0.2) is 5.75 Å². The molecule has 0 fully saturated rings. The summed E-state index contributed by atoms with van der Waals surface area (Å²) >= 11 is 1.86. The summed E-state index contributed by atoms with van der Waals surface area (Å²) in [5.74, 6) is 1.17. The lowest BCUT2D eigenvalue weighted by Gasteiger charge is -2.02. The zero-order chi connectivity index (χ0) is 12.3. The van der Waals surface area contributed by atoms with E-state index in [9.17, 15) is 0 Å². The standard InChI is InChI=1S/C15H21NS/c1-2-3-4-5-6-7-11-17-15-10-8-9-14(12-15)13-16/h8-10,12H,2-7,11H2,1H3. The molecule has 1 aromatic carbocycles. The summed E-state index contributed by atoms with van der Waals surface area (Å²) < 4.78 is 0. The summed E-state index contributed by atoms with van der Waals surface area (Å²) in [4.78, 5) is 1.22. The van der Waals surface area contributed by atoms with Crippen molar-refractivity contribution >= 4 is 11.8 Å². The second kappa shape index (κ2) is 9.13. The van der Waals surface area contributed by atoms with Gasteiger partial charge in [-0.3, -0.25) is 0 Å². The van der Waals surface area contributed by atoms with Gasteiger partial charge in [0.2, 0.25) is 0 Å². The fraction of sp³-hybridized carbons (Fsp3) is 0.533. The van der Waals surface area contributed by atoms with Crippen molar-refractivity contribution in [2.45, 2.75) is 50.3 Å². The van der Waals surface area contributed by atoms with Crippen molar-refractivity contribution in [3.63, 3.8) is 0 Å². The number of rotatable bonds is 8. The molecule has 0 aliphatic carbocycles. The summed E-state index contributed by atoms with van der Waals surface area (Å²) in [6.45, 7) is 2.25. The molecule has 17 heavy (non-hydrogen) atoms. The summed E-state index contributed by atoms with van der Waals surface area (Å²) in [6, 6.07) is 10.1. The Hall–Kier alpha value is -0.940. The van der Waals surface area contributed by atoms with Crippen molar-refractivity contribution in [2.24, 2.45) is 0 Å². The first kappa shape index (κ1) is 14.1. The van der Waals surface area contributed by atoms with Crippen LogP contribution in [0.3, 0.4) is 0 Å². The molecule has 1 nitrogen and oxygen atoms in total. The van der Waals surface area contributed by atoms with Gasteiger partial charge in [-0.05, 0) is 30.4 Å². The lowest BCUT2D eigenvalue weighted by atomic mass is 10.1. The second-order valence-corrected chi connectivity index (χ2v) is 5.42. The van der Waals surface area contributed by atoms with Gasteiger partial charge in [0.25, 0.3) is 0 Å². The third-order valence-corrected chi connectivity index (χ3v) is 3.81. The van der Waals surface area contributed by atoms with Crippen LogP contribution in [0.5, 0.6) is 0 Å². The molecule has 1 aromatic rings. The van der Waals surface area contributed by atoms with E-state index in [-0.39, 0.29) is 0 Å². The van der Waals surface area contributed by atoms with Crippen LogP contribution in [0, 0.1) is 11.3 Å². The Morgan fingerprint density at radius 3 is 2.65 bits per heavy atom. The molecule has 0 aliphatic heterocycles. The topological polar surface area (TPSA) is 23.8 Å². The monoisotopic (exact) mass is 247 g/mol. The van der Waals surface area contributed by atoms with Gasteiger partial charge in [0, 0.05) is 4.90 Å². The Balaban J connectivity index is 2.12. The number of hydrogen-bond acceptors (Lipinski definition) is 2. The molecule has 0 aromatic heterocycles. The molecule has 0 saturated carbocycles. The second-order valence-electron chi connectivity index (χ2n) is 4.26. The quantitative estimate of drug-likeness (QED) is 0.476. The molecule has 0 unspecified atom stereocenters. The average molecular weight is 247 g/mol. The van der Waals surface area contributed by atoms with Gasteiger partial charge in [0.05, 0.1) is 11.6 Å². The Bertz CT molecular complexity index is 354. The van der Waals surface area contributed by atoms with Crippen molar-refractivity contribution in [3.05, 3.63) is 29.8 Å². The van der Waals surface area contributed by atoms with Crippen molar-refractivity contribution in [1.29, 1.82) is 5.26 Å². The molecule has 0 atom stereocenters. The highest BCUT2D eigenvalue weighted by molar-refractivity contribution is 7.99. The molecule has 0 bridgehead atoms. The lowest BCUT2D eigenvalue weighted by molar-refractivity contribution is 0.627. The van der Waals surface area contributed by atoms with Crippen molar-refractivity contribution in [2.75, 3.05) is 5.75 Å². The molecule has 92 valence electrons. The maximum Gasteiger partial charge on any atom is 0.0992 e. The first-order valence-electron chi connectivity index (χ1n) is 6.49. The highest BCUT2D eigenvalue weighted by Crippen LogP contribution is 2.20. The van der Waals surface area contributed by atoms with Crippen LogP contribution in [0.1, 0.15) is 51.0 Å². The van der Waals surface area contributed by atoms with E-state index in [2.05, 4.69) is 19.1 Å². The predicted molar refractivity (Wildman–Crippen MR) is 75.3 cm³/mol. The van der Waals surface area contributed by atoms with E-state index in [4.69, 9.17) is 5.26 Å². The maximum atomic E-state index is 8.79. The molecule has 2 heteroatoms. The van der Waals surface area contributed by atoms with Crippen LogP contribution in [0.25, 0.3) is 0 Å². The van der Waals surface area contributed by atoms with Crippen LogP contribution in [0.4, 0.5) is 0 Å². The van der Waals surface area contributed by atoms with Gasteiger partial charge < -0.3 is 0 Å². The third kappa shape index (κ3) is 6.38. The fourth-order valence-corrected chi connectivity index (χ4v) is 2.70. The Morgan fingerprint density at radius 1 is 1.12 bits per heavy atom. The molecule has 0 heterocycles. The van der Waals surface area contributed by atoms with E-state index < -0.39 is 0 Å². The zero-order valence-corrected chi connectivity index (χ0v) is 11.4. The number of nitriles is 1. The van der Waals surface area contributed by atoms with Gasteiger partial charge in [-0.1, -0.05) is 45.1 Å².